The van der Waals surface area contributed by atoms with Crippen molar-refractivity contribution in [3.63, 3.8) is 0 Å². The van der Waals surface area contributed by atoms with Gasteiger partial charge in [-0.3, -0.25) is 14.4 Å². The van der Waals surface area contributed by atoms with Gasteiger partial charge < -0.3 is 14.2 Å². The topological polar surface area (TPSA) is 78.9 Å². The second-order valence-electron chi connectivity index (χ2n) is 18.8. The van der Waals surface area contributed by atoms with Gasteiger partial charge in [0.25, 0.3) is 0 Å². The molecule has 0 aliphatic carbocycles. The predicted octanol–water partition coefficient (Wildman–Crippen LogP) is 18.5. The minimum atomic E-state index is -0.772. The van der Waals surface area contributed by atoms with Crippen LogP contribution in [0.25, 0.3) is 0 Å². The number of allylic oxidation sites excluding steroid dienone is 6. The van der Waals surface area contributed by atoms with Crippen LogP contribution in [-0.2, 0) is 28.6 Å². The van der Waals surface area contributed by atoms with Crippen molar-refractivity contribution in [1.82, 2.24) is 0 Å². The van der Waals surface area contributed by atoms with E-state index >= 15 is 0 Å². The average molecular weight is 899 g/mol. The van der Waals surface area contributed by atoms with E-state index in [0.717, 1.165) is 70.6 Å². The third-order valence-corrected chi connectivity index (χ3v) is 12.4. The van der Waals surface area contributed by atoms with Gasteiger partial charge in [0.15, 0.2) is 6.10 Å². The Hall–Kier alpha value is -2.37. The fourth-order valence-electron chi connectivity index (χ4n) is 8.12. The van der Waals surface area contributed by atoms with Crippen LogP contribution in [0.2, 0.25) is 0 Å². The molecule has 374 valence electrons. The summed E-state index contributed by atoms with van der Waals surface area (Å²) in [7, 11) is 0. The van der Waals surface area contributed by atoms with Crippen LogP contribution in [0.3, 0.4) is 0 Å². The van der Waals surface area contributed by atoms with Gasteiger partial charge in [-0.25, -0.2) is 0 Å². The number of rotatable bonds is 51. The molecule has 0 aromatic heterocycles. The Kier molecular flexibility index (Phi) is 51.3. The fraction of sp³-hybridized carbons (Fsp3) is 0.845. The highest BCUT2D eigenvalue weighted by Crippen LogP contribution is 2.16. The molecule has 6 nitrogen and oxygen atoms in total. The molecule has 0 aromatic rings. The van der Waals surface area contributed by atoms with Gasteiger partial charge in [0.05, 0.1) is 0 Å². The van der Waals surface area contributed by atoms with E-state index in [1.807, 2.05) is 0 Å². The van der Waals surface area contributed by atoms with Gasteiger partial charge in [0.1, 0.15) is 13.2 Å². The molecule has 1 atom stereocenters. The van der Waals surface area contributed by atoms with E-state index in [2.05, 4.69) is 57.2 Å². The molecule has 0 aliphatic rings. The summed E-state index contributed by atoms with van der Waals surface area (Å²) in [5.41, 5.74) is 0. The normalized spacial score (nSPS) is 12.2. The quantitative estimate of drug-likeness (QED) is 0.0262. The van der Waals surface area contributed by atoms with Crippen molar-refractivity contribution in [1.29, 1.82) is 0 Å². The molecule has 1 unspecified atom stereocenters. The Labute approximate surface area is 397 Å². The van der Waals surface area contributed by atoms with Gasteiger partial charge in [-0.1, -0.05) is 237 Å². The Balaban J connectivity index is 4.20. The van der Waals surface area contributed by atoms with E-state index in [1.165, 1.54) is 186 Å². The predicted molar refractivity (Wildman–Crippen MR) is 275 cm³/mol. The van der Waals surface area contributed by atoms with Gasteiger partial charge in [0, 0.05) is 19.3 Å². The highest BCUT2D eigenvalue weighted by atomic mass is 16.6. The maximum Gasteiger partial charge on any atom is 0.306 e. The monoisotopic (exact) mass is 899 g/mol. The summed E-state index contributed by atoms with van der Waals surface area (Å²) in [6.45, 7) is 6.61. The summed E-state index contributed by atoms with van der Waals surface area (Å²) in [4.78, 5) is 37.9. The van der Waals surface area contributed by atoms with Crippen molar-refractivity contribution in [2.45, 2.75) is 303 Å². The van der Waals surface area contributed by atoms with Gasteiger partial charge in [-0.05, 0) is 77.0 Å². The van der Waals surface area contributed by atoms with Gasteiger partial charge in [-0.15, -0.1) is 0 Å². The number of unbranched alkanes of at least 4 members (excludes halogenated alkanes) is 34. The van der Waals surface area contributed by atoms with Crippen molar-refractivity contribution in [3.05, 3.63) is 36.5 Å². The van der Waals surface area contributed by atoms with E-state index in [0.29, 0.717) is 19.3 Å². The Bertz CT molecular complexity index is 1080. The van der Waals surface area contributed by atoms with Crippen molar-refractivity contribution in [2.24, 2.45) is 0 Å². The third kappa shape index (κ3) is 50.6. The molecule has 0 bridgehead atoms. The van der Waals surface area contributed by atoms with Crippen molar-refractivity contribution >= 4 is 17.9 Å². The van der Waals surface area contributed by atoms with E-state index in [-0.39, 0.29) is 31.1 Å². The number of esters is 3. The second kappa shape index (κ2) is 53.2. The SMILES string of the molecule is CCCCCCC/C=C\C/C=C\CCCCCCCCCCCCCC(=O)OCC(COC(=O)CCCCCCCCCC)OC(=O)CCCCCCC/C=C\CCCCCCCC. The molecule has 0 aliphatic heterocycles. The lowest BCUT2D eigenvalue weighted by atomic mass is 10.0. The van der Waals surface area contributed by atoms with Crippen molar-refractivity contribution < 1.29 is 28.6 Å². The van der Waals surface area contributed by atoms with E-state index < -0.39 is 6.10 Å². The minimum absolute atomic E-state index is 0.0734. The fourth-order valence-corrected chi connectivity index (χ4v) is 8.12. The Morgan fingerprint density at radius 1 is 0.312 bits per heavy atom. The van der Waals surface area contributed by atoms with Crippen LogP contribution in [0, 0.1) is 0 Å². The highest BCUT2D eigenvalue weighted by molar-refractivity contribution is 5.71. The number of carbonyl (C=O) groups is 3. The maximum atomic E-state index is 12.8. The van der Waals surface area contributed by atoms with Gasteiger partial charge in [0.2, 0.25) is 0 Å². The first kappa shape index (κ1) is 61.6. The minimum Gasteiger partial charge on any atom is -0.462 e. The number of ether oxygens (including phenoxy) is 3. The molecule has 0 fully saturated rings. The largest absolute Gasteiger partial charge is 0.462 e. The zero-order chi connectivity index (χ0) is 46.5. The van der Waals surface area contributed by atoms with Crippen LogP contribution in [0.15, 0.2) is 36.5 Å². The first-order chi connectivity index (χ1) is 31.5. The zero-order valence-electron chi connectivity index (χ0n) is 42.8. The molecule has 0 saturated carbocycles. The number of carbonyl (C=O) groups excluding carboxylic acids is 3. The van der Waals surface area contributed by atoms with Crippen molar-refractivity contribution in [3.8, 4) is 0 Å². The van der Waals surface area contributed by atoms with Crippen LogP contribution in [-0.4, -0.2) is 37.2 Å². The molecule has 64 heavy (non-hydrogen) atoms. The Morgan fingerprint density at radius 2 is 0.562 bits per heavy atom. The lowest BCUT2D eigenvalue weighted by Crippen LogP contribution is -2.30. The van der Waals surface area contributed by atoms with Crippen LogP contribution >= 0.6 is 0 Å². The molecule has 0 rings (SSSR count). The maximum absolute atomic E-state index is 12.8. The molecular weight excluding hydrogens is 793 g/mol. The lowest BCUT2D eigenvalue weighted by Gasteiger charge is -2.18. The average Bonchev–Trinajstić information content (AvgIpc) is 3.29. The van der Waals surface area contributed by atoms with Crippen LogP contribution in [0.5, 0.6) is 0 Å². The first-order valence-corrected chi connectivity index (χ1v) is 28.0. The highest BCUT2D eigenvalue weighted by Gasteiger charge is 2.19. The molecular formula is C58H106O6. The smallest absolute Gasteiger partial charge is 0.306 e. The van der Waals surface area contributed by atoms with Crippen LogP contribution in [0.4, 0.5) is 0 Å². The van der Waals surface area contributed by atoms with E-state index in [4.69, 9.17) is 14.2 Å². The van der Waals surface area contributed by atoms with E-state index in [1.54, 1.807) is 0 Å². The number of hydrogen-bond acceptors (Lipinski definition) is 6. The lowest BCUT2D eigenvalue weighted by molar-refractivity contribution is -0.167. The molecule has 0 spiro atoms. The van der Waals surface area contributed by atoms with Crippen LogP contribution in [0.1, 0.15) is 297 Å². The second-order valence-corrected chi connectivity index (χ2v) is 18.8. The summed E-state index contributed by atoms with van der Waals surface area (Å²) in [6.07, 6.45) is 62.9. The molecule has 6 heteroatoms. The van der Waals surface area contributed by atoms with Crippen LogP contribution < -0.4 is 0 Å². The Morgan fingerprint density at radius 3 is 0.875 bits per heavy atom. The zero-order valence-corrected chi connectivity index (χ0v) is 42.8. The molecule has 0 heterocycles. The summed E-state index contributed by atoms with van der Waals surface area (Å²) < 4.78 is 16.8. The third-order valence-electron chi connectivity index (χ3n) is 12.4. The molecule has 0 saturated heterocycles. The van der Waals surface area contributed by atoms with Crippen molar-refractivity contribution in [2.75, 3.05) is 13.2 Å². The molecule has 0 radical (unpaired) electrons. The molecule has 0 amide bonds. The van der Waals surface area contributed by atoms with Gasteiger partial charge >= 0.3 is 17.9 Å². The number of hydrogen-bond donors (Lipinski definition) is 0. The first-order valence-electron chi connectivity index (χ1n) is 28.0. The molecule has 0 N–H and O–H groups in total. The standard InChI is InChI=1S/C58H106O6/c1-4-7-10-13-16-19-21-23-25-26-27-28-29-30-31-32-34-35-37-39-42-45-48-51-57(60)63-54-55(53-62-56(59)50-47-44-41-18-15-12-9-6-3)64-58(61)52-49-46-43-40-38-36-33-24-22-20-17-14-11-8-5-2/h21,23-24,26-27,33,55H,4-20,22,25,28-32,34-54H2,1-3H3/b23-21-,27-26-,33-24-. The summed E-state index contributed by atoms with van der Waals surface area (Å²) in [5, 5.41) is 0. The van der Waals surface area contributed by atoms with E-state index in [9.17, 15) is 14.4 Å². The molecule has 0 aromatic carbocycles. The summed E-state index contributed by atoms with van der Waals surface area (Å²) >= 11 is 0. The summed E-state index contributed by atoms with van der Waals surface area (Å²) in [5.74, 6) is -0.876. The summed E-state index contributed by atoms with van der Waals surface area (Å²) in [6, 6.07) is 0. The van der Waals surface area contributed by atoms with Gasteiger partial charge in [-0.2, -0.15) is 0 Å².